The second-order valence-electron chi connectivity index (χ2n) is 6.22. The monoisotopic (exact) mass is 366 g/mol. The maximum atomic E-state index is 12.3. The number of pyridine rings is 1. The minimum atomic E-state index is -0.0240. The fourth-order valence-corrected chi connectivity index (χ4v) is 3.55. The summed E-state index contributed by atoms with van der Waals surface area (Å²) in [4.78, 5) is 16.3. The number of hydrogen-bond donors (Lipinski definition) is 1. The molecule has 1 saturated carbocycles. The summed E-state index contributed by atoms with van der Waals surface area (Å²) in [6.07, 6.45) is 5.05. The lowest BCUT2D eigenvalue weighted by atomic mass is 9.81. The van der Waals surface area contributed by atoms with Crippen molar-refractivity contribution in [1.82, 2.24) is 15.2 Å². The lowest BCUT2D eigenvalue weighted by Gasteiger charge is -2.33. The number of nitrogens with zero attached hydrogens (tertiary/aromatic N) is 3. The first-order chi connectivity index (χ1) is 12.8. The van der Waals surface area contributed by atoms with Crippen molar-refractivity contribution in [3.05, 3.63) is 60.4 Å². The Labute approximate surface area is 155 Å². The molecule has 0 atom stereocenters. The molecule has 0 spiro atoms. The first-order valence-electron chi connectivity index (χ1n) is 8.48. The Morgan fingerprint density at radius 3 is 2.65 bits per heavy atom. The number of carbonyl (C=O) groups excluding carboxylic acids is 1. The number of nitrogens with one attached hydrogen (secondary N) is 1. The van der Waals surface area contributed by atoms with Gasteiger partial charge in [0, 0.05) is 23.9 Å². The highest BCUT2D eigenvalue weighted by Crippen LogP contribution is 2.33. The summed E-state index contributed by atoms with van der Waals surface area (Å²) >= 11 is 1.36. The van der Waals surface area contributed by atoms with E-state index >= 15 is 0 Å². The van der Waals surface area contributed by atoms with Crippen LogP contribution in [0.4, 0.5) is 5.13 Å². The molecule has 2 heterocycles. The molecule has 3 aromatic rings. The van der Waals surface area contributed by atoms with Gasteiger partial charge in [0.05, 0.1) is 12.7 Å². The molecule has 4 rings (SSSR count). The number of rotatable bonds is 6. The van der Waals surface area contributed by atoms with Gasteiger partial charge >= 0.3 is 0 Å². The minimum absolute atomic E-state index is 0.0120. The van der Waals surface area contributed by atoms with Crippen LogP contribution < -0.4 is 5.32 Å². The molecule has 6 nitrogen and oxygen atoms in total. The van der Waals surface area contributed by atoms with Gasteiger partial charge in [0.25, 0.3) is 0 Å². The minimum Gasteiger partial charge on any atom is -0.373 e. The van der Waals surface area contributed by atoms with Gasteiger partial charge in [-0.25, -0.2) is 0 Å². The molecule has 1 aromatic carbocycles. The highest BCUT2D eigenvalue weighted by atomic mass is 32.1. The zero-order chi connectivity index (χ0) is 17.8. The third kappa shape index (κ3) is 3.95. The third-order valence-electron chi connectivity index (χ3n) is 4.38. The summed E-state index contributed by atoms with van der Waals surface area (Å²) in [7, 11) is 0. The van der Waals surface area contributed by atoms with Crippen molar-refractivity contribution in [2.45, 2.75) is 25.6 Å². The molecular weight excluding hydrogens is 348 g/mol. The molecule has 1 aliphatic carbocycles. The van der Waals surface area contributed by atoms with Crippen molar-refractivity contribution >= 4 is 22.4 Å². The van der Waals surface area contributed by atoms with E-state index in [4.69, 9.17) is 4.74 Å². The second-order valence-corrected chi connectivity index (χ2v) is 7.20. The van der Waals surface area contributed by atoms with Crippen molar-refractivity contribution in [2.24, 2.45) is 5.92 Å². The Morgan fingerprint density at radius 2 is 1.88 bits per heavy atom. The van der Waals surface area contributed by atoms with Gasteiger partial charge in [0.1, 0.15) is 5.01 Å². The average molecular weight is 366 g/mol. The van der Waals surface area contributed by atoms with Crippen LogP contribution in [0.5, 0.6) is 0 Å². The molecule has 1 amide bonds. The summed E-state index contributed by atoms with van der Waals surface area (Å²) in [5, 5.41) is 12.3. The molecular formula is C19H18N4O2S. The first-order valence-corrected chi connectivity index (χ1v) is 9.30. The number of aromatic nitrogens is 3. The Hall–Kier alpha value is -2.64. The van der Waals surface area contributed by atoms with Crippen molar-refractivity contribution in [2.75, 3.05) is 5.32 Å². The first kappa shape index (κ1) is 16.8. The second kappa shape index (κ2) is 7.72. The number of amides is 1. The maximum absolute atomic E-state index is 12.3. The quantitative estimate of drug-likeness (QED) is 0.722. The molecule has 1 N–H and O–H groups in total. The van der Waals surface area contributed by atoms with E-state index in [1.54, 1.807) is 12.4 Å². The molecule has 0 saturated heterocycles. The van der Waals surface area contributed by atoms with Gasteiger partial charge in [-0.15, -0.1) is 10.2 Å². The van der Waals surface area contributed by atoms with E-state index in [9.17, 15) is 4.79 Å². The van der Waals surface area contributed by atoms with Crippen LogP contribution in [0, 0.1) is 5.92 Å². The van der Waals surface area contributed by atoms with Crippen LogP contribution in [0.15, 0.2) is 54.9 Å². The fourth-order valence-electron chi connectivity index (χ4n) is 2.80. The lowest BCUT2D eigenvalue weighted by Crippen LogP contribution is -2.39. The van der Waals surface area contributed by atoms with Gasteiger partial charge < -0.3 is 10.1 Å². The van der Waals surface area contributed by atoms with Crippen molar-refractivity contribution in [3.63, 3.8) is 0 Å². The smallest absolute Gasteiger partial charge is 0.229 e. The van der Waals surface area contributed by atoms with Crippen LogP contribution in [0.25, 0.3) is 10.6 Å². The van der Waals surface area contributed by atoms with E-state index in [0.717, 1.165) is 29.0 Å². The summed E-state index contributed by atoms with van der Waals surface area (Å²) in [5.74, 6) is -0.0361. The molecule has 0 unspecified atom stereocenters. The van der Waals surface area contributed by atoms with Gasteiger partial charge in [-0.2, -0.15) is 0 Å². The van der Waals surface area contributed by atoms with Crippen LogP contribution in [0.1, 0.15) is 18.4 Å². The van der Waals surface area contributed by atoms with E-state index < -0.39 is 0 Å². The molecule has 2 aromatic heterocycles. The van der Waals surface area contributed by atoms with Crippen LogP contribution in [-0.4, -0.2) is 27.2 Å². The van der Waals surface area contributed by atoms with Crippen LogP contribution >= 0.6 is 11.3 Å². The van der Waals surface area contributed by atoms with E-state index in [0.29, 0.717) is 11.7 Å². The number of carbonyl (C=O) groups is 1. The Bertz CT molecular complexity index is 864. The SMILES string of the molecule is O=C(Nc1nnc(-c2ccncc2)s1)C1CC(OCc2ccccc2)C1. The molecule has 1 aliphatic rings. The van der Waals surface area contributed by atoms with E-state index in [-0.39, 0.29) is 17.9 Å². The Morgan fingerprint density at radius 1 is 1.12 bits per heavy atom. The van der Waals surface area contributed by atoms with E-state index in [1.165, 1.54) is 11.3 Å². The maximum Gasteiger partial charge on any atom is 0.229 e. The summed E-state index contributed by atoms with van der Waals surface area (Å²) in [6, 6.07) is 13.8. The predicted molar refractivity (Wildman–Crippen MR) is 99.5 cm³/mol. The molecule has 0 bridgehead atoms. The fraction of sp³-hybridized carbons (Fsp3) is 0.263. The zero-order valence-corrected chi connectivity index (χ0v) is 14.9. The molecule has 26 heavy (non-hydrogen) atoms. The van der Waals surface area contributed by atoms with Crippen LogP contribution in [0.3, 0.4) is 0 Å². The summed E-state index contributed by atoms with van der Waals surface area (Å²) in [5.41, 5.74) is 2.09. The van der Waals surface area contributed by atoms with Crippen molar-refractivity contribution < 1.29 is 9.53 Å². The van der Waals surface area contributed by atoms with Crippen molar-refractivity contribution in [3.8, 4) is 10.6 Å². The third-order valence-corrected chi connectivity index (χ3v) is 5.26. The van der Waals surface area contributed by atoms with Gasteiger partial charge in [0.15, 0.2) is 0 Å². The topological polar surface area (TPSA) is 77.0 Å². The highest BCUT2D eigenvalue weighted by molar-refractivity contribution is 7.18. The van der Waals surface area contributed by atoms with Crippen molar-refractivity contribution in [1.29, 1.82) is 0 Å². The number of anilines is 1. The van der Waals surface area contributed by atoms with Gasteiger partial charge in [-0.05, 0) is 30.5 Å². The van der Waals surface area contributed by atoms with Crippen LogP contribution in [-0.2, 0) is 16.1 Å². The van der Waals surface area contributed by atoms with E-state index in [2.05, 4.69) is 20.5 Å². The predicted octanol–water partition coefficient (Wildman–Crippen LogP) is 3.53. The lowest BCUT2D eigenvalue weighted by molar-refractivity contribution is -0.129. The summed E-state index contributed by atoms with van der Waals surface area (Å²) < 4.78 is 5.85. The molecule has 0 aliphatic heterocycles. The molecule has 1 fully saturated rings. The molecule has 132 valence electrons. The zero-order valence-electron chi connectivity index (χ0n) is 14.0. The average Bonchev–Trinajstić information content (AvgIpc) is 3.10. The standard InChI is InChI=1S/C19H18N4O2S/c24-17(15-10-16(11-15)25-12-13-4-2-1-3-5-13)21-19-23-22-18(26-19)14-6-8-20-9-7-14/h1-9,15-16H,10-12H2,(H,21,23,24). The largest absolute Gasteiger partial charge is 0.373 e. The van der Waals surface area contributed by atoms with E-state index in [1.807, 2.05) is 42.5 Å². The highest BCUT2D eigenvalue weighted by Gasteiger charge is 2.35. The summed E-state index contributed by atoms with van der Waals surface area (Å²) in [6.45, 7) is 0.589. The molecule has 7 heteroatoms. The Kier molecular flexibility index (Phi) is 4.99. The normalized spacial score (nSPS) is 18.9. The van der Waals surface area contributed by atoms with Gasteiger partial charge in [-0.1, -0.05) is 41.7 Å². The number of ether oxygens (including phenoxy) is 1. The van der Waals surface area contributed by atoms with Gasteiger partial charge in [-0.3, -0.25) is 9.78 Å². The van der Waals surface area contributed by atoms with Crippen LogP contribution in [0.2, 0.25) is 0 Å². The molecule has 0 radical (unpaired) electrons. The number of benzene rings is 1. The Balaban J connectivity index is 1.25. The number of hydrogen-bond acceptors (Lipinski definition) is 6. The van der Waals surface area contributed by atoms with Gasteiger partial charge in [0.2, 0.25) is 11.0 Å².